The molecular formula is C26H23BrN2O6S. The van der Waals surface area contributed by atoms with Crippen molar-refractivity contribution in [3.05, 3.63) is 83.0 Å². The maximum atomic E-state index is 13.8. The van der Waals surface area contributed by atoms with Crippen LogP contribution in [0.5, 0.6) is 17.2 Å². The molecule has 0 radical (unpaired) electrons. The molecule has 186 valence electrons. The van der Waals surface area contributed by atoms with Crippen molar-refractivity contribution in [1.82, 2.24) is 4.57 Å². The van der Waals surface area contributed by atoms with Gasteiger partial charge in [0.1, 0.15) is 11.8 Å². The number of allylic oxidation sites excluding steroid dienone is 1. The number of carbonyl (C=O) groups is 1. The number of para-hydroxylation sites is 1. The highest BCUT2D eigenvalue weighted by molar-refractivity contribution is 9.10. The van der Waals surface area contributed by atoms with Crippen LogP contribution in [-0.4, -0.2) is 30.5 Å². The van der Waals surface area contributed by atoms with Crippen molar-refractivity contribution in [2.24, 2.45) is 4.99 Å². The first-order valence-electron chi connectivity index (χ1n) is 11.4. The summed E-state index contributed by atoms with van der Waals surface area (Å²) in [6.45, 7) is 6.19. The zero-order valence-electron chi connectivity index (χ0n) is 19.9. The lowest BCUT2D eigenvalue weighted by Gasteiger charge is -2.26. The second kappa shape index (κ2) is 9.94. The first-order valence-corrected chi connectivity index (χ1v) is 13.0. The van der Waals surface area contributed by atoms with E-state index < -0.39 is 12.0 Å². The second-order valence-corrected chi connectivity index (χ2v) is 9.86. The molecule has 8 nitrogen and oxygen atoms in total. The SMILES string of the molecule is CCOC(=O)C1=C(C)N=c2s/c(=C\c3cc4c(cc3Br)OCO4)c(=O)n2[C@@H]1c1ccccc1OCC. The van der Waals surface area contributed by atoms with E-state index in [9.17, 15) is 9.59 Å². The molecule has 0 saturated carbocycles. The van der Waals surface area contributed by atoms with Gasteiger partial charge in [-0.25, -0.2) is 9.79 Å². The van der Waals surface area contributed by atoms with E-state index in [0.29, 0.717) is 50.0 Å². The van der Waals surface area contributed by atoms with Crippen LogP contribution in [0.3, 0.4) is 0 Å². The Morgan fingerprint density at radius 3 is 2.72 bits per heavy atom. The van der Waals surface area contributed by atoms with Gasteiger partial charge in [0.25, 0.3) is 5.56 Å². The van der Waals surface area contributed by atoms with Gasteiger partial charge in [-0.2, -0.15) is 0 Å². The van der Waals surface area contributed by atoms with Gasteiger partial charge in [0.05, 0.1) is 29.0 Å². The van der Waals surface area contributed by atoms with Crippen LogP contribution in [-0.2, 0) is 9.53 Å². The summed E-state index contributed by atoms with van der Waals surface area (Å²) in [5.41, 5.74) is 1.99. The summed E-state index contributed by atoms with van der Waals surface area (Å²) in [4.78, 5) is 32.1. The smallest absolute Gasteiger partial charge is 0.338 e. The molecule has 0 bridgehead atoms. The first kappa shape index (κ1) is 24.3. The number of carbonyl (C=O) groups excluding carboxylic acids is 1. The number of thiazole rings is 1. The highest BCUT2D eigenvalue weighted by atomic mass is 79.9. The Bertz CT molecular complexity index is 1570. The number of nitrogens with zero attached hydrogens (tertiary/aromatic N) is 2. The third kappa shape index (κ3) is 4.24. The van der Waals surface area contributed by atoms with Gasteiger partial charge < -0.3 is 18.9 Å². The molecule has 0 N–H and O–H groups in total. The third-order valence-electron chi connectivity index (χ3n) is 5.81. The standard InChI is InChI=1S/C26H23BrN2O6S/c1-4-32-18-9-7-6-8-16(18)23-22(25(31)33-5-2)14(3)28-26-29(23)24(30)21(36-26)11-15-10-19-20(12-17(15)27)35-13-34-19/h6-12,23H,4-5,13H2,1-3H3/b21-11-/t23-/m1/s1. The maximum absolute atomic E-state index is 13.8. The van der Waals surface area contributed by atoms with Gasteiger partial charge in [0.15, 0.2) is 16.3 Å². The summed E-state index contributed by atoms with van der Waals surface area (Å²) in [7, 11) is 0. The summed E-state index contributed by atoms with van der Waals surface area (Å²) in [6, 6.07) is 10.3. The minimum Gasteiger partial charge on any atom is -0.494 e. The summed E-state index contributed by atoms with van der Waals surface area (Å²) < 4.78 is 24.9. The van der Waals surface area contributed by atoms with E-state index in [1.807, 2.05) is 43.3 Å². The van der Waals surface area contributed by atoms with Crippen LogP contribution >= 0.6 is 27.3 Å². The zero-order valence-corrected chi connectivity index (χ0v) is 22.3. The Hall–Kier alpha value is -3.37. The van der Waals surface area contributed by atoms with Crippen molar-refractivity contribution in [1.29, 1.82) is 0 Å². The Morgan fingerprint density at radius 1 is 1.22 bits per heavy atom. The largest absolute Gasteiger partial charge is 0.494 e. The molecule has 1 aromatic heterocycles. The lowest BCUT2D eigenvalue weighted by atomic mass is 9.95. The van der Waals surface area contributed by atoms with Crippen LogP contribution in [0.2, 0.25) is 0 Å². The molecule has 0 unspecified atom stereocenters. The molecular weight excluding hydrogens is 548 g/mol. The Morgan fingerprint density at radius 2 is 1.97 bits per heavy atom. The topological polar surface area (TPSA) is 88.4 Å². The average Bonchev–Trinajstić information content (AvgIpc) is 3.42. The molecule has 2 aliphatic rings. The zero-order chi connectivity index (χ0) is 25.4. The maximum Gasteiger partial charge on any atom is 0.338 e. The van der Waals surface area contributed by atoms with E-state index in [2.05, 4.69) is 20.9 Å². The number of halogens is 1. The molecule has 3 heterocycles. The molecule has 3 aromatic rings. The summed E-state index contributed by atoms with van der Waals surface area (Å²) in [5.74, 6) is 1.33. The van der Waals surface area contributed by atoms with Gasteiger partial charge in [-0.1, -0.05) is 45.5 Å². The highest BCUT2D eigenvalue weighted by Crippen LogP contribution is 2.38. The van der Waals surface area contributed by atoms with Crippen LogP contribution in [0.15, 0.2) is 61.9 Å². The Balaban J connectivity index is 1.73. The number of benzene rings is 2. The fraction of sp³-hybridized carbons (Fsp3) is 0.269. The highest BCUT2D eigenvalue weighted by Gasteiger charge is 2.35. The van der Waals surface area contributed by atoms with Crippen molar-refractivity contribution in [3.8, 4) is 17.2 Å². The molecule has 36 heavy (non-hydrogen) atoms. The van der Waals surface area contributed by atoms with E-state index in [1.54, 1.807) is 24.5 Å². The minimum absolute atomic E-state index is 0.155. The van der Waals surface area contributed by atoms with E-state index >= 15 is 0 Å². The number of ether oxygens (including phenoxy) is 4. The summed E-state index contributed by atoms with van der Waals surface area (Å²) in [6.07, 6.45) is 1.78. The number of fused-ring (bicyclic) bond motifs is 2. The van der Waals surface area contributed by atoms with Crippen molar-refractivity contribution < 1.29 is 23.7 Å². The summed E-state index contributed by atoms with van der Waals surface area (Å²) in [5, 5.41) is 0. The molecule has 10 heteroatoms. The number of hydrogen-bond acceptors (Lipinski definition) is 8. The van der Waals surface area contributed by atoms with Gasteiger partial charge in [-0.15, -0.1) is 0 Å². The minimum atomic E-state index is -0.745. The average molecular weight is 571 g/mol. The van der Waals surface area contributed by atoms with Crippen LogP contribution in [0, 0.1) is 0 Å². The van der Waals surface area contributed by atoms with E-state index in [4.69, 9.17) is 18.9 Å². The molecule has 0 amide bonds. The monoisotopic (exact) mass is 570 g/mol. The van der Waals surface area contributed by atoms with Crippen molar-refractivity contribution in [2.45, 2.75) is 26.8 Å². The van der Waals surface area contributed by atoms with Gasteiger partial charge in [0.2, 0.25) is 6.79 Å². The van der Waals surface area contributed by atoms with Crippen molar-refractivity contribution in [3.63, 3.8) is 0 Å². The lowest BCUT2D eigenvalue weighted by Crippen LogP contribution is -2.40. The number of rotatable bonds is 6. The van der Waals surface area contributed by atoms with E-state index in [0.717, 1.165) is 10.0 Å². The van der Waals surface area contributed by atoms with Gasteiger partial charge in [-0.05, 0) is 50.6 Å². The number of aromatic nitrogens is 1. The number of esters is 1. The van der Waals surface area contributed by atoms with E-state index in [-0.39, 0.29) is 19.0 Å². The molecule has 1 atom stereocenters. The van der Waals surface area contributed by atoms with Crippen molar-refractivity contribution in [2.75, 3.05) is 20.0 Å². The van der Waals surface area contributed by atoms with Crippen molar-refractivity contribution >= 4 is 39.3 Å². The van der Waals surface area contributed by atoms with Crippen LogP contribution in [0.25, 0.3) is 6.08 Å². The predicted octanol–water partition coefficient (Wildman–Crippen LogP) is 3.69. The quantitative estimate of drug-likeness (QED) is 0.420. The fourth-order valence-electron chi connectivity index (χ4n) is 4.26. The molecule has 2 aromatic carbocycles. The van der Waals surface area contributed by atoms with E-state index in [1.165, 1.54) is 11.3 Å². The van der Waals surface area contributed by atoms with Gasteiger partial charge >= 0.3 is 5.97 Å². The fourth-order valence-corrected chi connectivity index (χ4v) is 5.74. The van der Waals surface area contributed by atoms with Gasteiger partial charge in [-0.3, -0.25) is 9.36 Å². The third-order valence-corrected chi connectivity index (χ3v) is 7.48. The van der Waals surface area contributed by atoms with Crippen LogP contribution in [0.1, 0.15) is 37.9 Å². The Labute approximate surface area is 219 Å². The molecule has 0 fully saturated rings. The molecule has 0 aliphatic carbocycles. The number of hydrogen-bond donors (Lipinski definition) is 0. The van der Waals surface area contributed by atoms with Crippen LogP contribution < -0.4 is 29.1 Å². The normalized spacial score (nSPS) is 16.6. The second-order valence-electron chi connectivity index (χ2n) is 8.00. The first-order chi connectivity index (χ1) is 17.4. The molecule has 0 spiro atoms. The molecule has 0 saturated heterocycles. The summed E-state index contributed by atoms with van der Waals surface area (Å²) >= 11 is 4.81. The molecule has 5 rings (SSSR count). The van der Waals surface area contributed by atoms with Crippen LogP contribution in [0.4, 0.5) is 0 Å². The predicted molar refractivity (Wildman–Crippen MR) is 138 cm³/mol. The van der Waals surface area contributed by atoms with Gasteiger partial charge in [0, 0.05) is 10.0 Å². The Kier molecular flexibility index (Phi) is 6.72. The molecule has 2 aliphatic heterocycles. The lowest BCUT2D eigenvalue weighted by molar-refractivity contribution is -0.139.